The molecule has 0 spiro atoms. The molecule has 0 aliphatic rings. The van der Waals surface area contributed by atoms with Crippen LogP contribution >= 0.6 is 0 Å². The molecule has 1 rings (SSSR count). The average Bonchev–Trinajstić information content (AvgIpc) is 2.07. The van der Waals surface area contributed by atoms with Crippen LogP contribution in [-0.4, -0.2) is 4.98 Å². The lowest BCUT2D eigenvalue weighted by atomic mass is 10.3. The van der Waals surface area contributed by atoms with Crippen molar-refractivity contribution in [1.29, 1.82) is 5.26 Å². The van der Waals surface area contributed by atoms with E-state index in [1.807, 2.05) is 6.07 Å². The van der Waals surface area contributed by atoms with Crippen molar-refractivity contribution in [3.63, 3.8) is 0 Å². The summed E-state index contributed by atoms with van der Waals surface area (Å²) in [6.45, 7) is 0. The third-order valence-electron chi connectivity index (χ3n) is 1.04. The van der Waals surface area contributed by atoms with Crippen molar-refractivity contribution in [2.24, 2.45) is 16.2 Å². The predicted octanol–water partition coefficient (Wildman–Crippen LogP) is 0.911. The standard InChI is InChI=1S/C6H5N5/c7-3-5-1-2-6(4-9-5)10-11-8/h1-2,4H,(H2,8,10). The minimum absolute atomic E-state index is 0.348. The van der Waals surface area contributed by atoms with E-state index in [-0.39, 0.29) is 0 Å². The lowest BCUT2D eigenvalue weighted by Gasteiger charge is -1.88. The second kappa shape index (κ2) is 3.27. The van der Waals surface area contributed by atoms with Crippen LogP contribution in [-0.2, 0) is 0 Å². The van der Waals surface area contributed by atoms with Gasteiger partial charge >= 0.3 is 0 Å². The summed E-state index contributed by atoms with van der Waals surface area (Å²) in [6, 6.07) is 5.04. The summed E-state index contributed by atoms with van der Waals surface area (Å²) in [4.78, 5) is 3.75. The van der Waals surface area contributed by atoms with Crippen LogP contribution in [0.1, 0.15) is 5.69 Å². The highest BCUT2D eigenvalue weighted by Gasteiger charge is 1.90. The summed E-state index contributed by atoms with van der Waals surface area (Å²) in [7, 11) is 0. The fraction of sp³-hybridized carbons (Fsp3) is 0. The van der Waals surface area contributed by atoms with Gasteiger partial charge in [0.25, 0.3) is 0 Å². The molecule has 54 valence electrons. The van der Waals surface area contributed by atoms with Crippen molar-refractivity contribution in [3.05, 3.63) is 24.0 Å². The van der Waals surface area contributed by atoms with Crippen LogP contribution in [0.4, 0.5) is 5.69 Å². The maximum absolute atomic E-state index is 8.37. The van der Waals surface area contributed by atoms with Crippen molar-refractivity contribution in [2.45, 2.75) is 0 Å². The highest BCUT2D eigenvalue weighted by molar-refractivity contribution is 5.35. The lowest BCUT2D eigenvalue weighted by Crippen LogP contribution is -1.79. The van der Waals surface area contributed by atoms with Crippen molar-refractivity contribution >= 4 is 5.69 Å². The van der Waals surface area contributed by atoms with Crippen molar-refractivity contribution in [1.82, 2.24) is 4.98 Å². The Bertz CT molecular complexity index is 294. The number of nitrogens with two attached hydrogens (primary N) is 1. The van der Waals surface area contributed by atoms with E-state index in [1.165, 1.54) is 6.20 Å². The molecule has 5 heteroatoms. The van der Waals surface area contributed by atoms with Crippen LogP contribution in [0.25, 0.3) is 0 Å². The molecule has 1 heterocycles. The summed E-state index contributed by atoms with van der Waals surface area (Å²) in [5.41, 5.74) is 0.882. The van der Waals surface area contributed by atoms with Gasteiger partial charge in [-0.25, -0.2) is 4.98 Å². The van der Waals surface area contributed by atoms with E-state index in [2.05, 4.69) is 15.3 Å². The number of pyridine rings is 1. The van der Waals surface area contributed by atoms with Crippen molar-refractivity contribution < 1.29 is 0 Å². The van der Waals surface area contributed by atoms with Crippen LogP contribution in [0, 0.1) is 11.3 Å². The monoisotopic (exact) mass is 147 g/mol. The molecule has 2 N–H and O–H groups in total. The largest absolute Gasteiger partial charge is 0.305 e. The van der Waals surface area contributed by atoms with Crippen LogP contribution in [0.15, 0.2) is 28.7 Å². The summed E-state index contributed by atoms with van der Waals surface area (Å²) < 4.78 is 0. The molecule has 0 unspecified atom stereocenters. The zero-order valence-corrected chi connectivity index (χ0v) is 5.60. The average molecular weight is 147 g/mol. The number of nitrogens with zero attached hydrogens (tertiary/aromatic N) is 4. The molecule has 0 aliphatic heterocycles. The molecule has 0 aromatic carbocycles. The summed E-state index contributed by atoms with van der Waals surface area (Å²) in [5.74, 6) is 4.80. The molecule has 5 nitrogen and oxygen atoms in total. The van der Waals surface area contributed by atoms with E-state index in [0.29, 0.717) is 11.4 Å². The Morgan fingerprint density at radius 1 is 1.55 bits per heavy atom. The van der Waals surface area contributed by atoms with Crippen LogP contribution in [0.2, 0.25) is 0 Å². The van der Waals surface area contributed by atoms with E-state index < -0.39 is 0 Å². The van der Waals surface area contributed by atoms with Crippen LogP contribution in [0.5, 0.6) is 0 Å². The van der Waals surface area contributed by atoms with Crippen LogP contribution < -0.4 is 5.84 Å². The van der Waals surface area contributed by atoms with Gasteiger partial charge in [0.2, 0.25) is 0 Å². The zero-order chi connectivity index (χ0) is 8.10. The van der Waals surface area contributed by atoms with Gasteiger partial charge < -0.3 is 5.84 Å². The van der Waals surface area contributed by atoms with Crippen molar-refractivity contribution in [3.8, 4) is 6.07 Å². The topological polar surface area (TPSA) is 87.4 Å². The molecule has 11 heavy (non-hydrogen) atoms. The first-order valence-electron chi connectivity index (χ1n) is 2.84. The number of aromatic nitrogens is 1. The molecule has 1 aromatic rings. The van der Waals surface area contributed by atoms with E-state index in [1.54, 1.807) is 12.1 Å². The quantitative estimate of drug-likeness (QED) is 0.363. The molecule has 0 saturated heterocycles. The summed E-state index contributed by atoms with van der Waals surface area (Å²) >= 11 is 0. The summed E-state index contributed by atoms with van der Waals surface area (Å²) in [5, 5.41) is 14.9. The lowest BCUT2D eigenvalue weighted by molar-refractivity contribution is 1.05. The molecule has 0 bridgehead atoms. The van der Waals surface area contributed by atoms with E-state index in [0.717, 1.165) is 0 Å². The fourth-order valence-electron chi connectivity index (χ4n) is 0.578. The predicted molar refractivity (Wildman–Crippen MR) is 37.7 cm³/mol. The SMILES string of the molecule is N#Cc1ccc(N=NN)cn1. The van der Waals surface area contributed by atoms with E-state index in [9.17, 15) is 0 Å². The number of hydrogen-bond donors (Lipinski definition) is 1. The molecule has 1 aromatic heterocycles. The van der Waals surface area contributed by atoms with Gasteiger partial charge in [0, 0.05) is 0 Å². The minimum Gasteiger partial charge on any atom is -0.305 e. The van der Waals surface area contributed by atoms with Crippen LogP contribution in [0.3, 0.4) is 0 Å². The fourth-order valence-corrected chi connectivity index (χ4v) is 0.578. The Labute approximate surface area is 63.2 Å². The van der Waals surface area contributed by atoms with Gasteiger partial charge in [-0.05, 0) is 12.1 Å². The zero-order valence-electron chi connectivity index (χ0n) is 5.60. The molecule has 0 saturated carbocycles. The maximum Gasteiger partial charge on any atom is 0.140 e. The minimum atomic E-state index is 0.348. The molecular weight excluding hydrogens is 142 g/mol. The highest BCUT2D eigenvalue weighted by Crippen LogP contribution is 2.08. The smallest absolute Gasteiger partial charge is 0.140 e. The third-order valence-corrected chi connectivity index (χ3v) is 1.04. The number of nitriles is 1. The summed E-state index contributed by atoms with van der Waals surface area (Å²) in [6.07, 6.45) is 1.43. The second-order valence-electron chi connectivity index (χ2n) is 1.73. The molecular formula is C6H5N5. The van der Waals surface area contributed by atoms with Gasteiger partial charge in [-0.3, -0.25) is 0 Å². The number of hydrogen-bond acceptors (Lipinski definition) is 4. The first kappa shape index (κ1) is 7.15. The molecule has 0 fully saturated rings. The molecule has 0 amide bonds. The number of rotatable bonds is 1. The van der Waals surface area contributed by atoms with Gasteiger partial charge in [-0.2, -0.15) is 5.26 Å². The Balaban J connectivity index is 2.94. The molecule has 0 atom stereocenters. The Hall–Kier alpha value is -1.96. The normalized spacial score (nSPS) is 9.73. The van der Waals surface area contributed by atoms with Crippen molar-refractivity contribution in [2.75, 3.05) is 0 Å². The van der Waals surface area contributed by atoms with Gasteiger partial charge in [0.1, 0.15) is 17.5 Å². The third kappa shape index (κ3) is 1.72. The first-order chi connectivity index (χ1) is 5.36. The first-order valence-corrected chi connectivity index (χ1v) is 2.84. The highest BCUT2D eigenvalue weighted by atomic mass is 15.3. The van der Waals surface area contributed by atoms with Gasteiger partial charge in [-0.15, -0.1) is 5.11 Å². The van der Waals surface area contributed by atoms with E-state index >= 15 is 0 Å². The van der Waals surface area contributed by atoms with E-state index in [4.69, 9.17) is 11.1 Å². The Kier molecular flexibility index (Phi) is 2.13. The Morgan fingerprint density at radius 3 is 2.82 bits per heavy atom. The van der Waals surface area contributed by atoms with Gasteiger partial charge in [-0.1, -0.05) is 5.22 Å². The Morgan fingerprint density at radius 2 is 2.36 bits per heavy atom. The van der Waals surface area contributed by atoms with Gasteiger partial charge in [0.05, 0.1) is 6.20 Å². The van der Waals surface area contributed by atoms with Gasteiger partial charge in [0.15, 0.2) is 0 Å². The molecule has 0 aliphatic carbocycles. The second-order valence-corrected chi connectivity index (χ2v) is 1.73. The maximum atomic E-state index is 8.37. The molecule has 0 radical (unpaired) electrons.